The zero-order valence-electron chi connectivity index (χ0n) is 7.55. The topological polar surface area (TPSA) is 101 Å². The Morgan fingerprint density at radius 2 is 2.00 bits per heavy atom. The van der Waals surface area contributed by atoms with Crippen LogP contribution in [-0.2, 0) is 4.79 Å². The highest BCUT2D eigenvalue weighted by Gasteiger charge is 2.29. The van der Waals surface area contributed by atoms with Gasteiger partial charge in [0, 0.05) is 11.1 Å². The molecular weight excluding hydrogens is 261 g/mol. The summed E-state index contributed by atoms with van der Waals surface area (Å²) in [6.45, 7) is 0. The molecule has 0 aliphatic rings. The maximum Gasteiger partial charge on any atom is 0.337 e. The van der Waals surface area contributed by atoms with E-state index in [1.807, 2.05) is 0 Å². The minimum Gasteiger partial charge on any atom is -0.479 e. The first-order valence-electron chi connectivity index (χ1n) is 3.88. The smallest absolute Gasteiger partial charge is 0.337 e. The molecule has 8 heteroatoms. The molecule has 0 aliphatic carbocycles. The molecule has 86 valence electrons. The standard InChI is InChI=1S/C8H5Cl2NO5/c9-3-1-4(10)6(7(12)8(13)14)5(2-3)11(15)16/h1-2,7,12H,(H,13,14). The summed E-state index contributed by atoms with van der Waals surface area (Å²) >= 11 is 11.1. The van der Waals surface area contributed by atoms with E-state index in [9.17, 15) is 20.0 Å². The predicted molar refractivity (Wildman–Crippen MR) is 55.7 cm³/mol. The molecule has 1 aromatic rings. The molecular formula is C8H5Cl2NO5. The monoisotopic (exact) mass is 265 g/mol. The molecule has 1 rings (SSSR count). The van der Waals surface area contributed by atoms with Gasteiger partial charge in [0.15, 0.2) is 6.10 Å². The van der Waals surface area contributed by atoms with Crippen LogP contribution in [0.1, 0.15) is 11.7 Å². The maximum absolute atomic E-state index is 10.6. The van der Waals surface area contributed by atoms with Crippen LogP contribution >= 0.6 is 23.2 Å². The van der Waals surface area contributed by atoms with Gasteiger partial charge in [-0.05, 0) is 6.07 Å². The first-order chi connectivity index (χ1) is 7.34. The van der Waals surface area contributed by atoms with Crippen LogP contribution in [0.15, 0.2) is 12.1 Å². The van der Waals surface area contributed by atoms with Gasteiger partial charge in [0.25, 0.3) is 5.69 Å². The summed E-state index contributed by atoms with van der Waals surface area (Å²) in [5.74, 6) is -1.63. The van der Waals surface area contributed by atoms with E-state index in [4.69, 9.17) is 28.3 Å². The van der Waals surface area contributed by atoms with Crippen LogP contribution in [0.2, 0.25) is 10.0 Å². The molecule has 1 atom stereocenters. The molecule has 0 bridgehead atoms. The molecule has 0 saturated carbocycles. The average molecular weight is 266 g/mol. The lowest BCUT2D eigenvalue weighted by atomic mass is 10.1. The second-order valence-electron chi connectivity index (χ2n) is 2.82. The molecule has 0 aromatic heterocycles. The third-order valence-electron chi connectivity index (χ3n) is 1.78. The average Bonchev–Trinajstić information content (AvgIpc) is 2.15. The van der Waals surface area contributed by atoms with Gasteiger partial charge in [-0.2, -0.15) is 0 Å². The Kier molecular flexibility index (Phi) is 3.69. The molecule has 6 nitrogen and oxygen atoms in total. The van der Waals surface area contributed by atoms with Crippen LogP contribution < -0.4 is 0 Å². The highest BCUT2D eigenvalue weighted by atomic mass is 35.5. The molecule has 1 unspecified atom stereocenters. The number of nitrogens with zero attached hydrogens (tertiary/aromatic N) is 1. The van der Waals surface area contributed by atoms with Gasteiger partial charge in [-0.15, -0.1) is 0 Å². The predicted octanol–water partition coefficient (Wildman–Crippen LogP) is 2.02. The van der Waals surface area contributed by atoms with Crippen molar-refractivity contribution in [2.75, 3.05) is 0 Å². The number of rotatable bonds is 3. The number of aliphatic hydroxyl groups is 1. The van der Waals surface area contributed by atoms with Crippen molar-refractivity contribution in [1.82, 2.24) is 0 Å². The van der Waals surface area contributed by atoms with E-state index in [0.29, 0.717) is 0 Å². The van der Waals surface area contributed by atoms with Crippen molar-refractivity contribution in [3.8, 4) is 0 Å². The molecule has 0 amide bonds. The molecule has 0 fully saturated rings. The van der Waals surface area contributed by atoms with Gasteiger partial charge in [-0.3, -0.25) is 10.1 Å². The van der Waals surface area contributed by atoms with E-state index in [0.717, 1.165) is 12.1 Å². The number of nitro groups is 1. The van der Waals surface area contributed by atoms with Gasteiger partial charge < -0.3 is 10.2 Å². The second kappa shape index (κ2) is 4.65. The van der Waals surface area contributed by atoms with E-state index < -0.39 is 28.2 Å². The molecule has 0 radical (unpaired) electrons. The summed E-state index contributed by atoms with van der Waals surface area (Å²) in [5, 5.41) is 28.2. The number of carboxylic acid groups (broad SMARTS) is 1. The number of carbonyl (C=O) groups is 1. The van der Waals surface area contributed by atoms with Crippen LogP contribution in [0, 0.1) is 10.1 Å². The van der Waals surface area contributed by atoms with Crippen molar-refractivity contribution in [2.24, 2.45) is 0 Å². The van der Waals surface area contributed by atoms with Crippen LogP contribution in [0.5, 0.6) is 0 Å². The Morgan fingerprint density at radius 1 is 1.44 bits per heavy atom. The minimum absolute atomic E-state index is 0.0157. The number of aliphatic carboxylic acids is 1. The molecule has 0 heterocycles. The Bertz CT molecular complexity index is 462. The lowest BCUT2D eigenvalue weighted by Crippen LogP contribution is -2.13. The minimum atomic E-state index is -2.06. The summed E-state index contributed by atoms with van der Waals surface area (Å²) in [6, 6.07) is 2.05. The van der Waals surface area contributed by atoms with Crippen LogP contribution in [0.4, 0.5) is 5.69 Å². The van der Waals surface area contributed by atoms with Crippen molar-refractivity contribution < 1.29 is 19.9 Å². The molecule has 0 saturated heterocycles. The number of benzene rings is 1. The maximum atomic E-state index is 10.6. The lowest BCUT2D eigenvalue weighted by Gasteiger charge is -2.09. The van der Waals surface area contributed by atoms with E-state index >= 15 is 0 Å². The largest absolute Gasteiger partial charge is 0.479 e. The number of carboxylic acids is 1. The second-order valence-corrected chi connectivity index (χ2v) is 3.66. The summed E-state index contributed by atoms with van der Waals surface area (Å²) in [5.41, 5.74) is -1.11. The number of halogens is 2. The number of hydrogen-bond donors (Lipinski definition) is 2. The van der Waals surface area contributed by atoms with E-state index in [2.05, 4.69) is 0 Å². The van der Waals surface area contributed by atoms with Crippen molar-refractivity contribution in [2.45, 2.75) is 6.10 Å². The summed E-state index contributed by atoms with van der Waals surface area (Å²) in [4.78, 5) is 20.3. The summed E-state index contributed by atoms with van der Waals surface area (Å²) < 4.78 is 0. The van der Waals surface area contributed by atoms with Crippen molar-refractivity contribution >= 4 is 34.9 Å². The molecule has 1 aromatic carbocycles. The molecule has 16 heavy (non-hydrogen) atoms. The van der Waals surface area contributed by atoms with Crippen LogP contribution in [-0.4, -0.2) is 21.1 Å². The van der Waals surface area contributed by atoms with Crippen molar-refractivity contribution in [3.63, 3.8) is 0 Å². The van der Waals surface area contributed by atoms with E-state index in [-0.39, 0.29) is 10.0 Å². The number of aliphatic hydroxyl groups excluding tert-OH is 1. The fraction of sp³-hybridized carbons (Fsp3) is 0.125. The normalized spacial score (nSPS) is 12.2. The van der Waals surface area contributed by atoms with Crippen LogP contribution in [0.25, 0.3) is 0 Å². The molecule has 0 aliphatic heterocycles. The van der Waals surface area contributed by atoms with Crippen molar-refractivity contribution in [1.29, 1.82) is 0 Å². The van der Waals surface area contributed by atoms with E-state index in [1.165, 1.54) is 0 Å². The van der Waals surface area contributed by atoms with Gasteiger partial charge >= 0.3 is 5.97 Å². The zero-order chi connectivity index (χ0) is 12.5. The number of hydrogen-bond acceptors (Lipinski definition) is 4. The van der Waals surface area contributed by atoms with Gasteiger partial charge in [-0.25, -0.2) is 4.79 Å². The SMILES string of the molecule is O=C(O)C(O)c1c(Cl)cc(Cl)cc1[N+](=O)[O-]. The third kappa shape index (κ3) is 2.41. The fourth-order valence-electron chi connectivity index (χ4n) is 1.12. The Balaban J connectivity index is 3.46. The Hall–Kier alpha value is -1.37. The first kappa shape index (κ1) is 12.7. The highest BCUT2D eigenvalue weighted by Crippen LogP contribution is 2.35. The molecule has 0 spiro atoms. The van der Waals surface area contributed by atoms with Gasteiger partial charge in [0.2, 0.25) is 0 Å². The quantitative estimate of drug-likeness (QED) is 0.643. The van der Waals surface area contributed by atoms with Crippen LogP contribution in [0.3, 0.4) is 0 Å². The number of nitro benzene ring substituents is 1. The van der Waals surface area contributed by atoms with Gasteiger partial charge in [-0.1, -0.05) is 23.2 Å². The van der Waals surface area contributed by atoms with Gasteiger partial charge in [0.05, 0.1) is 15.5 Å². The molecule has 2 N–H and O–H groups in total. The van der Waals surface area contributed by atoms with Crippen molar-refractivity contribution in [3.05, 3.63) is 37.9 Å². The summed E-state index contributed by atoms with van der Waals surface area (Å²) in [7, 11) is 0. The van der Waals surface area contributed by atoms with Gasteiger partial charge in [0.1, 0.15) is 0 Å². The fourth-order valence-corrected chi connectivity index (χ4v) is 1.70. The first-order valence-corrected chi connectivity index (χ1v) is 4.64. The van der Waals surface area contributed by atoms with E-state index in [1.54, 1.807) is 0 Å². The Labute approximate surface area is 99.2 Å². The lowest BCUT2D eigenvalue weighted by molar-refractivity contribution is -0.386. The Morgan fingerprint density at radius 3 is 2.44 bits per heavy atom. The highest BCUT2D eigenvalue weighted by molar-refractivity contribution is 6.35. The summed E-state index contributed by atoms with van der Waals surface area (Å²) in [6.07, 6.45) is -2.06. The zero-order valence-corrected chi connectivity index (χ0v) is 9.07. The third-order valence-corrected chi connectivity index (χ3v) is 2.31.